The average Bonchev–Trinajstić information content (AvgIpc) is 2.29. The van der Waals surface area contributed by atoms with Gasteiger partial charge in [0.15, 0.2) is 0 Å². The highest BCUT2D eigenvalue weighted by atomic mass is 19.1. The van der Waals surface area contributed by atoms with Crippen LogP contribution in [0, 0.1) is 11.7 Å². The molecule has 98 valence electrons. The molecule has 0 spiro atoms. The Hall–Kier alpha value is -1.62. The van der Waals surface area contributed by atoms with Crippen LogP contribution >= 0.6 is 0 Å². The highest BCUT2D eigenvalue weighted by Crippen LogP contribution is 2.28. The van der Waals surface area contributed by atoms with E-state index in [1.165, 1.54) is 17.0 Å². The van der Waals surface area contributed by atoms with E-state index in [4.69, 9.17) is 5.73 Å². The Morgan fingerprint density at radius 1 is 1.56 bits per heavy atom. The standard InChI is InChI=1S/C13H17FN2O2/c1-16(7-8-4-10(17)5-8)13(18)11-6-9(14)2-3-12(11)15/h2-3,6,8,10,17H,4-5,7,15H2,1H3. The van der Waals surface area contributed by atoms with Gasteiger partial charge in [0.1, 0.15) is 5.82 Å². The Labute approximate surface area is 105 Å². The largest absolute Gasteiger partial charge is 0.398 e. The van der Waals surface area contributed by atoms with Gasteiger partial charge in [-0.15, -0.1) is 0 Å². The van der Waals surface area contributed by atoms with Gasteiger partial charge in [0, 0.05) is 19.3 Å². The summed E-state index contributed by atoms with van der Waals surface area (Å²) >= 11 is 0. The molecule has 0 heterocycles. The number of aliphatic hydroxyl groups excluding tert-OH is 1. The third-order valence-corrected chi connectivity index (χ3v) is 3.34. The SMILES string of the molecule is CN(CC1CC(O)C1)C(=O)c1cc(F)ccc1N. The molecule has 0 aliphatic heterocycles. The number of carbonyl (C=O) groups is 1. The number of halogens is 1. The van der Waals surface area contributed by atoms with E-state index in [-0.39, 0.29) is 23.3 Å². The zero-order chi connectivity index (χ0) is 13.3. The van der Waals surface area contributed by atoms with Crippen molar-refractivity contribution in [2.24, 2.45) is 5.92 Å². The summed E-state index contributed by atoms with van der Waals surface area (Å²) in [7, 11) is 1.66. The number of nitrogens with two attached hydrogens (primary N) is 1. The Bertz CT molecular complexity index is 458. The number of nitrogens with zero attached hydrogens (tertiary/aromatic N) is 1. The zero-order valence-corrected chi connectivity index (χ0v) is 10.3. The summed E-state index contributed by atoms with van der Waals surface area (Å²) in [5.41, 5.74) is 6.14. The molecule has 3 N–H and O–H groups in total. The van der Waals surface area contributed by atoms with Gasteiger partial charge in [-0.05, 0) is 37.0 Å². The monoisotopic (exact) mass is 252 g/mol. The second-order valence-electron chi connectivity index (χ2n) is 4.91. The van der Waals surface area contributed by atoms with Crippen LogP contribution in [-0.4, -0.2) is 35.6 Å². The fraction of sp³-hybridized carbons (Fsp3) is 0.462. The van der Waals surface area contributed by atoms with E-state index in [9.17, 15) is 14.3 Å². The molecule has 0 bridgehead atoms. The van der Waals surface area contributed by atoms with E-state index in [0.29, 0.717) is 12.5 Å². The summed E-state index contributed by atoms with van der Waals surface area (Å²) in [6.07, 6.45) is 1.20. The summed E-state index contributed by atoms with van der Waals surface area (Å²) < 4.78 is 13.1. The average molecular weight is 252 g/mol. The van der Waals surface area contributed by atoms with E-state index in [1.807, 2.05) is 0 Å². The van der Waals surface area contributed by atoms with Gasteiger partial charge in [-0.25, -0.2) is 4.39 Å². The Balaban J connectivity index is 2.03. The maximum atomic E-state index is 13.1. The summed E-state index contributed by atoms with van der Waals surface area (Å²) in [5, 5.41) is 9.19. The van der Waals surface area contributed by atoms with E-state index >= 15 is 0 Å². The highest BCUT2D eigenvalue weighted by molar-refractivity contribution is 5.98. The predicted octanol–water partition coefficient (Wildman–Crippen LogP) is 1.25. The molecule has 0 unspecified atom stereocenters. The molecule has 0 aromatic heterocycles. The van der Waals surface area contributed by atoms with Crippen LogP contribution in [-0.2, 0) is 0 Å². The van der Waals surface area contributed by atoms with Gasteiger partial charge in [-0.1, -0.05) is 0 Å². The Morgan fingerprint density at radius 3 is 2.83 bits per heavy atom. The minimum absolute atomic E-state index is 0.192. The first-order chi connectivity index (χ1) is 8.47. The minimum Gasteiger partial charge on any atom is -0.398 e. The lowest BCUT2D eigenvalue weighted by atomic mass is 9.82. The molecule has 2 rings (SSSR count). The van der Waals surface area contributed by atoms with Crippen LogP contribution in [0.25, 0.3) is 0 Å². The second-order valence-corrected chi connectivity index (χ2v) is 4.91. The highest BCUT2D eigenvalue weighted by Gasteiger charge is 2.29. The fourth-order valence-corrected chi connectivity index (χ4v) is 2.24. The molecule has 1 amide bonds. The normalized spacial score (nSPS) is 22.4. The zero-order valence-electron chi connectivity index (χ0n) is 10.3. The van der Waals surface area contributed by atoms with Crippen LogP contribution in [0.5, 0.6) is 0 Å². The summed E-state index contributed by atoms with van der Waals surface area (Å²) in [5.74, 6) is -0.433. The van der Waals surface area contributed by atoms with Crippen LogP contribution in [0.15, 0.2) is 18.2 Å². The minimum atomic E-state index is -0.472. The molecule has 18 heavy (non-hydrogen) atoms. The molecule has 0 radical (unpaired) electrons. The molecule has 1 aromatic carbocycles. The van der Waals surface area contributed by atoms with Crippen LogP contribution in [0.1, 0.15) is 23.2 Å². The maximum Gasteiger partial charge on any atom is 0.255 e. The number of benzene rings is 1. The quantitative estimate of drug-likeness (QED) is 0.796. The van der Waals surface area contributed by atoms with Crippen molar-refractivity contribution in [3.05, 3.63) is 29.6 Å². The van der Waals surface area contributed by atoms with Gasteiger partial charge in [0.25, 0.3) is 5.91 Å². The molecule has 0 atom stereocenters. The van der Waals surface area contributed by atoms with Gasteiger partial charge in [0.05, 0.1) is 11.7 Å². The lowest BCUT2D eigenvalue weighted by Gasteiger charge is -2.34. The third kappa shape index (κ3) is 2.61. The number of nitrogen functional groups attached to an aromatic ring is 1. The number of rotatable bonds is 3. The molecular weight excluding hydrogens is 235 g/mol. The van der Waals surface area contributed by atoms with Gasteiger partial charge in [0.2, 0.25) is 0 Å². The molecule has 5 heteroatoms. The summed E-state index contributed by atoms with van der Waals surface area (Å²) in [6, 6.07) is 3.78. The van der Waals surface area contributed by atoms with Gasteiger partial charge in [-0.2, -0.15) is 0 Å². The van der Waals surface area contributed by atoms with E-state index < -0.39 is 5.82 Å². The van der Waals surface area contributed by atoms with Crippen LogP contribution < -0.4 is 5.73 Å². The van der Waals surface area contributed by atoms with Crippen molar-refractivity contribution < 1.29 is 14.3 Å². The number of amides is 1. The lowest BCUT2D eigenvalue weighted by molar-refractivity contribution is 0.0265. The van der Waals surface area contributed by atoms with Crippen molar-refractivity contribution in [1.29, 1.82) is 0 Å². The van der Waals surface area contributed by atoms with Crippen LogP contribution in [0.3, 0.4) is 0 Å². The molecule has 1 aliphatic carbocycles. The number of carbonyl (C=O) groups excluding carboxylic acids is 1. The topological polar surface area (TPSA) is 66.6 Å². The smallest absolute Gasteiger partial charge is 0.255 e. The number of hydrogen-bond donors (Lipinski definition) is 2. The van der Waals surface area contributed by atoms with Gasteiger partial charge in [-0.3, -0.25) is 4.79 Å². The Kier molecular flexibility index (Phi) is 3.52. The molecular formula is C13H17FN2O2. The molecule has 1 aromatic rings. The lowest BCUT2D eigenvalue weighted by Crippen LogP contribution is -2.39. The van der Waals surface area contributed by atoms with Crippen molar-refractivity contribution in [2.75, 3.05) is 19.3 Å². The predicted molar refractivity (Wildman–Crippen MR) is 66.5 cm³/mol. The fourth-order valence-electron chi connectivity index (χ4n) is 2.24. The first kappa shape index (κ1) is 12.8. The number of aliphatic hydroxyl groups is 1. The van der Waals surface area contributed by atoms with Crippen LogP contribution in [0.2, 0.25) is 0 Å². The number of hydrogen-bond acceptors (Lipinski definition) is 3. The molecule has 1 saturated carbocycles. The van der Waals surface area contributed by atoms with Crippen molar-refractivity contribution in [3.8, 4) is 0 Å². The van der Waals surface area contributed by atoms with E-state index in [2.05, 4.69) is 0 Å². The molecule has 1 aliphatic rings. The van der Waals surface area contributed by atoms with Gasteiger partial charge >= 0.3 is 0 Å². The number of anilines is 1. The van der Waals surface area contributed by atoms with Crippen molar-refractivity contribution >= 4 is 11.6 Å². The molecule has 0 saturated heterocycles. The van der Waals surface area contributed by atoms with E-state index in [1.54, 1.807) is 7.05 Å². The molecule has 4 nitrogen and oxygen atoms in total. The first-order valence-corrected chi connectivity index (χ1v) is 5.96. The van der Waals surface area contributed by atoms with Gasteiger partial charge < -0.3 is 15.7 Å². The summed E-state index contributed by atoms with van der Waals surface area (Å²) in [4.78, 5) is 13.6. The van der Waals surface area contributed by atoms with Crippen molar-refractivity contribution in [3.63, 3.8) is 0 Å². The summed E-state index contributed by atoms with van der Waals surface area (Å²) in [6.45, 7) is 0.561. The van der Waals surface area contributed by atoms with Crippen molar-refractivity contribution in [2.45, 2.75) is 18.9 Å². The first-order valence-electron chi connectivity index (χ1n) is 5.96. The molecule has 1 fully saturated rings. The van der Waals surface area contributed by atoms with Crippen molar-refractivity contribution in [1.82, 2.24) is 4.90 Å². The van der Waals surface area contributed by atoms with Crippen LogP contribution in [0.4, 0.5) is 10.1 Å². The van der Waals surface area contributed by atoms with E-state index in [0.717, 1.165) is 18.9 Å². The third-order valence-electron chi connectivity index (χ3n) is 3.34. The second kappa shape index (κ2) is 4.94. The maximum absolute atomic E-state index is 13.1. The Morgan fingerprint density at radius 2 is 2.22 bits per heavy atom.